The summed E-state index contributed by atoms with van der Waals surface area (Å²) in [5, 5.41) is 3.70. The van der Waals surface area contributed by atoms with E-state index in [1.54, 1.807) is 0 Å². The van der Waals surface area contributed by atoms with Gasteiger partial charge < -0.3 is 5.32 Å². The number of rotatable bonds is 7. The molecule has 0 aliphatic heterocycles. The lowest BCUT2D eigenvalue weighted by molar-refractivity contribution is 0.166. The van der Waals surface area contributed by atoms with Crippen molar-refractivity contribution in [2.45, 2.75) is 47.0 Å². The van der Waals surface area contributed by atoms with Crippen molar-refractivity contribution in [3.8, 4) is 0 Å². The monoisotopic (exact) mass is 273 g/mol. The topological polar surface area (TPSA) is 12.0 Å². The van der Waals surface area contributed by atoms with Gasteiger partial charge in [-0.15, -0.1) is 0 Å². The van der Waals surface area contributed by atoms with Crippen molar-refractivity contribution in [2.24, 2.45) is 23.2 Å². The molecule has 3 unspecified atom stereocenters. The van der Waals surface area contributed by atoms with Crippen LogP contribution in [0.25, 0.3) is 0 Å². The quantitative estimate of drug-likeness (QED) is 0.759. The first-order valence-corrected chi connectivity index (χ1v) is 8.20. The molecule has 1 aromatic rings. The maximum atomic E-state index is 3.70. The predicted octanol–water partition coefficient (Wildman–Crippen LogP) is 4.70. The van der Waals surface area contributed by atoms with E-state index in [1.165, 1.54) is 12.0 Å². The van der Waals surface area contributed by atoms with E-state index < -0.39 is 0 Å². The van der Waals surface area contributed by atoms with E-state index in [0.29, 0.717) is 5.41 Å². The second-order valence-corrected chi connectivity index (χ2v) is 7.54. The van der Waals surface area contributed by atoms with Crippen molar-refractivity contribution in [3.05, 3.63) is 35.9 Å². The molecule has 0 radical (unpaired) electrons. The van der Waals surface area contributed by atoms with E-state index in [-0.39, 0.29) is 0 Å². The molecule has 0 bridgehead atoms. The number of benzene rings is 1. The van der Waals surface area contributed by atoms with Crippen LogP contribution in [-0.2, 0) is 0 Å². The van der Waals surface area contributed by atoms with E-state index in [9.17, 15) is 0 Å². The minimum absolute atomic E-state index is 0.412. The molecule has 0 aromatic heterocycles. The van der Waals surface area contributed by atoms with Gasteiger partial charge in [-0.2, -0.15) is 0 Å². The van der Waals surface area contributed by atoms with Crippen LogP contribution in [0.4, 0.5) is 0 Å². The molecule has 1 aliphatic carbocycles. The maximum Gasteiger partial charge on any atom is 0.00106 e. The highest BCUT2D eigenvalue weighted by atomic mass is 14.9. The number of nitrogens with one attached hydrogen (secondary N) is 1. The molecule has 0 amide bonds. The molecule has 0 saturated heterocycles. The number of hydrogen-bond donors (Lipinski definition) is 1. The van der Waals surface area contributed by atoms with Gasteiger partial charge in [0.05, 0.1) is 0 Å². The van der Waals surface area contributed by atoms with Gasteiger partial charge in [0.2, 0.25) is 0 Å². The fourth-order valence-corrected chi connectivity index (χ4v) is 3.39. The van der Waals surface area contributed by atoms with Crippen molar-refractivity contribution in [2.75, 3.05) is 13.1 Å². The zero-order valence-corrected chi connectivity index (χ0v) is 13.8. The van der Waals surface area contributed by atoms with Gasteiger partial charge in [-0.25, -0.2) is 0 Å². The van der Waals surface area contributed by atoms with Gasteiger partial charge in [-0.3, -0.25) is 0 Å². The van der Waals surface area contributed by atoms with Crippen molar-refractivity contribution in [1.82, 2.24) is 5.32 Å². The van der Waals surface area contributed by atoms with Gasteiger partial charge in [-0.1, -0.05) is 65.0 Å². The Morgan fingerprint density at radius 3 is 2.35 bits per heavy atom. The predicted molar refractivity (Wildman–Crippen MR) is 87.9 cm³/mol. The summed E-state index contributed by atoms with van der Waals surface area (Å²) in [5.74, 6) is 3.07. The summed E-state index contributed by atoms with van der Waals surface area (Å²) in [4.78, 5) is 0. The van der Waals surface area contributed by atoms with Crippen molar-refractivity contribution in [3.63, 3.8) is 0 Å². The normalized spacial score (nSPS) is 24.9. The molecule has 20 heavy (non-hydrogen) atoms. The molecule has 1 aliphatic rings. The van der Waals surface area contributed by atoms with E-state index in [2.05, 4.69) is 70.3 Å². The molecule has 0 heterocycles. The van der Waals surface area contributed by atoms with Gasteiger partial charge in [0, 0.05) is 6.54 Å². The highest BCUT2D eigenvalue weighted by Gasteiger charge is 2.51. The highest BCUT2D eigenvalue weighted by Crippen LogP contribution is 2.59. The Balaban J connectivity index is 2.00. The molecule has 3 atom stereocenters. The molecule has 112 valence electrons. The minimum Gasteiger partial charge on any atom is -0.316 e. The third kappa shape index (κ3) is 3.44. The van der Waals surface area contributed by atoms with E-state index in [0.717, 1.165) is 36.8 Å². The van der Waals surface area contributed by atoms with Crippen molar-refractivity contribution < 1.29 is 0 Å². The Hall–Kier alpha value is -0.820. The fourth-order valence-electron chi connectivity index (χ4n) is 3.39. The summed E-state index contributed by atoms with van der Waals surface area (Å²) in [7, 11) is 0. The lowest BCUT2D eigenvalue weighted by Crippen LogP contribution is -2.39. The summed E-state index contributed by atoms with van der Waals surface area (Å²) in [6.45, 7) is 14.1. The average molecular weight is 273 g/mol. The van der Waals surface area contributed by atoms with Gasteiger partial charge in [0.25, 0.3) is 0 Å². The first-order valence-electron chi connectivity index (χ1n) is 8.20. The van der Waals surface area contributed by atoms with Gasteiger partial charge >= 0.3 is 0 Å². The summed E-state index contributed by atoms with van der Waals surface area (Å²) in [6.07, 6.45) is 1.36. The van der Waals surface area contributed by atoms with Crippen LogP contribution in [-0.4, -0.2) is 13.1 Å². The zero-order valence-electron chi connectivity index (χ0n) is 13.8. The van der Waals surface area contributed by atoms with Crippen LogP contribution in [0.2, 0.25) is 0 Å². The lowest BCUT2D eigenvalue weighted by Gasteiger charge is -2.35. The molecular formula is C19H31N. The SMILES string of the molecule is CC(C)CNCC(C)(C(C)C)C1CC1c1ccccc1. The molecular weight excluding hydrogens is 242 g/mol. The largest absolute Gasteiger partial charge is 0.316 e. The standard InChI is InChI=1S/C19H31N/c1-14(2)12-20-13-19(5,15(3)4)18-11-17(18)16-9-7-6-8-10-16/h6-10,14-15,17-18,20H,11-13H2,1-5H3. The van der Waals surface area contributed by atoms with Crippen LogP contribution in [0, 0.1) is 23.2 Å². The van der Waals surface area contributed by atoms with Crippen molar-refractivity contribution >= 4 is 0 Å². The van der Waals surface area contributed by atoms with Crippen LogP contribution in [0.5, 0.6) is 0 Å². The molecule has 0 spiro atoms. The van der Waals surface area contributed by atoms with Crippen LogP contribution >= 0.6 is 0 Å². The van der Waals surface area contributed by atoms with Gasteiger partial charge in [0.1, 0.15) is 0 Å². The molecule has 1 fully saturated rings. The van der Waals surface area contributed by atoms with E-state index in [4.69, 9.17) is 0 Å². The Bertz CT molecular complexity index is 409. The Morgan fingerprint density at radius 2 is 1.80 bits per heavy atom. The molecule has 2 rings (SSSR count). The third-order valence-electron chi connectivity index (χ3n) is 5.24. The first kappa shape index (κ1) is 15.6. The Labute approximate surface area is 125 Å². The van der Waals surface area contributed by atoms with E-state index >= 15 is 0 Å². The molecule has 1 aromatic carbocycles. The van der Waals surface area contributed by atoms with Crippen LogP contribution in [0.3, 0.4) is 0 Å². The first-order chi connectivity index (χ1) is 9.45. The van der Waals surface area contributed by atoms with Crippen LogP contribution in [0.15, 0.2) is 30.3 Å². The molecule has 1 nitrogen and oxygen atoms in total. The summed E-state index contributed by atoms with van der Waals surface area (Å²) >= 11 is 0. The van der Waals surface area contributed by atoms with Crippen molar-refractivity contribution in [1.29, 1.82) is 0 Å². The van der Waals surface area contributed by atoms with Gasteiger partial charge in [-0.05, 0) is 47.6 Å². The smallest absolute Gasteiger partial charge is 0.00106 e. The Morgan fingerprint density at radius 1 is 1.15 bits per heavy atom. The molecule has 1 saturated carbocycles. The summed E-state index contributed by atoms with van der Waals surface area (Å²) < 4.78 is 0. The fraction of sp³-hybridized carbons (Fsp3) is 0.684. The van der Waals surface area contributed by atoms with Gasteiger partial charge in [0.15, 0.2) is 0 Å². The maximum absolute atomic E-state index is 3.70. The molecule has 1 N–H and O–H groups in total. The van der Waals surface area contributed by atoms with Crippen LogP contribution in [0.1, 0.15) is 52.5 Å². The second-order valence-electron chi connectivity index (χ2n) is 7.54. The minimum atomic E-state index is 0.412. The summed E-state index contributed by atoms with van der Waals surface area (Å²) in [6, 6.07) is 11.1. The zero-order chi connectivity index (χ0) is 14.8. The molecule has 1 heteroatoms. The number of hydrogen-bond acceptors (Lipinski definition) is 1. The average Bonchev–Trinajstić information content (AvgIpc) is 3.19. The van der Waals surface area contributed by atoms with E-state index in [1.807, 2.05) is 0 Å². The lowest BCUT2D eigenvalue weighted by atomic mass is 9.73. The van der Waals surface area contributed by atoms with Crippen LogP contribution < -0.4 is 5.32 Å². The highest BCUT2D eigenvalue weighted by molar-refractivity contribution is 5.27. The second kappa shape index (κ2) is 6.30. The summed E-state index contributed by atoms with van der Waals surface area (Å²) in [5.41, 5.74) is 1.95. The Kier molecular flexibility index (Phi) is 4.90. The third-order valence-corrected chi connectivity index (χ3v) is 5.24.